The van der Waals surface area contributed by atoms with Crippen molar-refractivity contribution in [3.63, 3.8) is 0 Å². The van der Waals surface area contributed by atoms with Crippen LogP contribution in [0.5, 0.6) is 5.75 Å². The fourth-order valence-electron chi connectivity index (χ4n) is 2.87. The van der Waals surface area contributed by atoms with E-state index >= 15 is 0 Å². The van der Waals surface area contributed by atoms with Gasteiger partial charge in [-0.05, 0) is 54.3 Å². The molecule has 0 aliphatic heterocycles. The number of nitrogens with one attached hydrogen (secondary N) is 1. The third-order valence-electron chi connectivity index (χ3n) is 4.47. The number of hydrogen-bond acceptors (Lipinski definition) is 5. The summed E-state index contributed by atoms with van der Waals surface area (Å²) in [6.45, 7) is 1.61. The number of hydrogen-bond donors (Lipinski definition) is 2. The molecule has 1 amide bonds. The summed E-state index contributed by atoms with van der Waals surface area (Å²) in [5.41, 5.74) is 8.95. The lowest BCUT2D eigenvalue weighted by atomic mass is 10.0. The number of carbonyl (C=O) groups excluding carboxylic acids is 2. The number of phenolic OH excluding ortho intramolecular Hbond substituents is 1. The van der Waals surface area contributed by atoms with Gasteiger partial charge in [-0.1, -0.05) is 29.4 Å². The second kappa shape index (κ2) is 11.1. The molecule has 0 aliphatic rings. The Morgan fingerprint density at radius 3 is 2.19 bits per heavy atom. The minimum atomic E-state index is -4.50. The summed E-state index contributed by atoms with van der Waals surface area (Å²) in [6, 6.07) is 7.70. The van der Waals surface area contributed by atoms with Crippen LogP contribution in [0.2, 0.25) is 0 Å². The molecule has 0 radical (unpaired) electrons. The number of azide groups is 1. The summed E-state index contributed by atoms with van der Waals surface area (Å²) in [4.78, 5) is 27.7. The summed E-state index contributed by atoms with van der Waals surface area (Å²) in [6.07, 6.45) is -4.61. The van der Waals surface area contributed by atoms with Crippen LogP contribution in [0, 0.1) is 0 Å². The van der Waals surface area contributed by atoms with E-state index in [-0.39, 0.29) is 25.2 Å². The summed E-state index contributed by atoms with van der Waals surface area (Å²) >= 11 is 0. The predicted octanol–water partition coefficient (Wildman–Crippen LogP) is 3.92. The molecule has 0 spiro atoms. The van der Waals surface area contributed by atoms with E-state index in [1.165, 1.54) is 24.3 Å². The van der Waals surface area contributed by atoms with Crippen molar-refractivity contribution in [1.29, 1.82) is 0 Å². The van der Waals surface area contributed by atoms with Crippen LogP contribution in [-0.4, -0.2) is 35.7 Å². The third kappa shape index (κ3) is 7.21. The van der Waals surface area contributed by atoms with Gasteiger partial charge in [0.1, 0.15) is 17.8 Å². The molecule has 2 aromatic carbocycles. The first-order chi connectivity index (χ1) is 15.1. The first-order valence-electron chi connectivity index (χ1n) is 9.59. The molecule has 11 heteroatoms. The molecule has 32 heavy (non-hydrogen) atoms. The number of nitrogens with zero attached hydrogens (tertiary/aromatic N) is 3. The van der Waals surface area contributed by atoms with Crippen molar-refractivity contribution in [1.82, 2.24) is 5.32 Å². The first-order valence-corrected chi connectivity index (χ1v) is 9.59. The molecule has 2 atom stereocenters. The van der Waals surface area contributed by atoms with Crippen LogP contribution in [0.4, 0.5) is 13.2 Å². The predicted molar refractivity (Wildman–Crippen MR) is 108 cm³/mol. The zero-order valence-electron chi connectivity index (χ0n) is 17.0. The standard InChI is InChI=1S/C21H21F3N4O4/c1-2-32-20(31)18(12-13-3-7-15(8-4-13)21(22,23)24)26-19(30)17(27-28-25)11-14-5-9-16(29)10-6-14/h3-10,17-18,29H,2,11-12H2,1H3,(H,26,30). The molecule has 0 bridgehead atoms. The molecule has 2 unspecified atom stereocenters. The second-order valence-electron chi connectivity index (χ2n) is 6.80. The summed E-state index contributed by atoms with van der Waals surface area (Å²) in [5.74, 6) is -1.50. The average molecular weight is 450 g/mol. The van der Waals surface area contributed by atoms with E-state index in [0.29, 0.717) is 11.1 Å². The van der Waals surface area contributed by atoms with Gasteiger partial charge in [0.25, 0.3) is 0 Å². The van der Waals surface area contributed by atoms with Crippen molar-refractivity contribution in [2.75, 3.05) is 6.61 Å². The van der Waals surface area contributed by atoms with E-state index in [1.54, 1.807) is 19.1 Å². The lowest BCUT2D eigenvalue weighted by molar-refractivity contribution is -0.147. The number of benzene rings is 2. The van der Waals surface area contributed by atoms with Crippen LogP contribution < -0.4 is 5.32 Å². The van der Waals surface area contributed by atoms with E-state index in [0.717, 1.165) is 12.1 Å². The zero-order chi connectivity index (χ0) is 23.7. The minimum absolute atomic E-state index is 0.00595. The maximum absolute atomic E-state index is 12.8. The fraction of sp³-hybridized carbons (Fsp3) is 0.333. The van der Waals surface area contributed by atoms with E-state index in [9.17, 15) is 27.9 Å². The number of amides is 1. The maximum Gasteiger partial charge on any atom is 0.416 e. The van der Waals surface area contributed by atoms with Crippen LogP contribution in [0.15, 0.2) is 53.6 Å². The van der Waals surface area contributed by atoms with Gasteiger partial charge in [0, 0.05) is 11.3 Å². The Kier molecular flexibility index (Phi) is 8.48. The van der Waals surface area contributed by atoms with Gasteiger partial charge in [-0.2, -0.15) is 13.2 Å². The highest BCUT2D eigenvalue weighted by atomic mass is 19.4. The van der Waals surface area contributed by atoms with Gasteiger partial charge in [-0.15, -0.1) is 0 Å². The van der Waals surface area contributed by atoms with E-state index in [2.05, 4.69) is 15.3 Å². The van der Waals surface area contributed by atoms with Crippen molar-refractivity contribution in [3.8, 4) is 5.75 Å². The zero-order valence-corrected chi connectivity index (χ0v) is 17.0. The van der Waals surface area contributed by atoms with Crippen LogP contribution in [0.25, 0.3) is 10.4 Å². The molecule has 0 saturated carbocycles. The molecule has 2 N–H and O–H groups in total. The number of aromatic hydroxyl groups is 1. The number of ether oxygens (including phenoxy) is 1. The number of carbonyl (C=O) groups is 2. The lowest BCUT2D eigenvalue weighted by Gasteiger charge is -2.20. The van der Waals surface area contributed by atoms with Crippen LogP contribution in [-0.2, 0) is 33.3 Å². The lowest BCUT2D eigenvalue weighted by Crippen LogP contribution is -2.47. The van der Waals surface area contributed by atoms with Gasteiger partial charge in [0.2, 0.25) is 5.91 Å². The van der Waals surface area contributed by atoms with Gasteiger partial charge >= 0.3 is 12.1 Å². The number of esters is 1. The Hall–Kier alpha value is -3.72. The monoisotopic (exact) mass is 450 g/mol. The second-order valence-corrected chi connectivity index (χ2v) is 6.80. The quantitative estimate of drug-likeness (QED) is 0.260. The van der Waals surface area contributed by atoms with Crippen LogP contribution in [0.1, 0.15) is 23.6 Å². The molecule has 0 saturated heterocycles. The smallest absolute Gasteiger partial charge is 0.416 e. The Morgan fingerprint density at radius 2 is 1.66 bits per heavy atom. The average Bonchev–Trinajstić information content (AvgIpc) is 2.74. The highest BCUT2D eigenvalue weighted by molar-refractivity contribution is 5.88. The van der Waals surface area contributed by atoms with Gasteiger partial charge in [-0.25, -0.2) is 4.79 Å². The molecule has 0 aliphatic carbocycles. The molecular formula is C21H21F3N4O4. The van der Waals surface area contributed by atoms with E-state index < -0.39 is 35.7 Å². The van der Waals surface area contributed by atoms with Crippen molar-refractivity contribution in [2.24, 2.45) is 5.11 Å². The Morgan fingerprint density at radius 1 is 1.09 bits per heavy atom. The Labute approximate surface area is 181 Å². The van der Waals surface area contributed by atoms with Crippen molar-refractivity contribution in [3.05, 3.63) is 75.7 Å². The highest BCUT2D eigenvalue weighted by Crippen LogP contribution is 2.29. The van der Waals surface area contributed by atoms with Gasteiger partial charge in [0.05, 0.1) is 12.2 Å². The summed E-state index contributed by atoms with van der Waals surface area (Å²) in [7, 11) is 0. The Balaban J connectivity index is 2.18. The number of alkyl halides is 3. The van der Waals surface area contributed by atoms with E-state index in [1.807, 2.05) is 0 Å². The normalized spacial score (nSPS) is 12.9. The van der Waals surface area contributed by atoms with Crippen molar-refractivity contribution < 1.29 is 32.6 Å². The largest absolute Gasteiger partial charge is 0.508 e. The molecule has 8 nitrogen and oxygen atoms in total. The molecule has 2 aromatic rings. The first kappa shape index (κ1) is 24.5. The summed E-state index contributed by atoms with van der Waals surface area (Å²) < 4.78 is 43.2. The SMILES string of the molecule is CCOC(=O)C(Cc1ccc(C(F)(F)F)cc1)NC(=O)C(Cc1ccc(O)cc1)N=[N+]=[N-]. The molecular weight excluding hydrogens is 429 g/mol. The van der Waals surface area contributed by atoms with Crippen LogP contribution >= 0.6 is 0 Å². The molecule has 2 rings (SSSR count). The molecule has 170 valence electrons. The minimum Gasteiger partial charge on any atom is -0.508 e. The highest BCUT2D eigenvalue weighted by Gasteiger charge is 2.31. The topological polar surface area (TPSA) is 124 Å². The third-order valence-corrected chi connectivity index (χ3v) is 4.47. The van der Waals surface area contributed by atoms with Gasteiger partial charge < -0.3 is 15.2 Å². The molecule has 0 aromatic heterocycles. The Bertz CT molecular complexity index is 972. The number of phenols is 1. The van der Waals surface area contributed by atoms with Crippen molar-refractivity contribution in [2.45, 2.75) is 38.0 Å². The molecule has 0 heterocycles. The van der Waals surface area contributed by atoms with Crippen LogP contribution in [0.3, 0.4) is 0 Å². The van der Waals surface area contributed by atoms with Crippen molar-refractivity contribution >= 4 is 11.9 Å². The van der Waals surface area contributed by atoms with E-state index in [4.69, 9.17) is 10.3 Å². The number of rotatable bonds is 9. The van der Waals surface area contributed by atoms with Gasteiger partial charge in [-0.3, -0.25) is 4.79 Å². The number of halogens is 3. The summed E-state index contributed by atoms with van der Waals surface area (Å²) in [5, 5.41) is 15.3. The van der Waals surface area contributed by atoms with Gasteiger partial charge in [0.15, 0.2) is 0 Å². The fourth-order valence-corrected chi connectivity index (χ4v) is 2.87. The maximum atomic E-state index is 12.8. The molecule has 0 fully saturated rings.